The van der Waals surface area contributed by atoms with Crippen molar-refractivity contribution in [3.63, 3.8) is 0 Å². The number of piperazine rings is 1. The number of hydrogen-bond acceptors (Lipinski definition) is 6. The molecule has 0 aliphatic carbocycles. The van der Waals surface area contributed by atoms with Crippen molar-refractivity contribution in [3.8, 4) is 0 Å². The van der Waals surface area contributed by atoms with Gasteiger partial charge in [-0.1, -0.05) is 40.2 Å². The first-order chi connectivity index (χ1) is 20.2. The highest BCUT2D eigenvalue weighted by atomic mass is 79.9. The molecule has 42 heavy (non-hydrogen) atoms. The van der Waals surface area contributed by atoms with Gasteiger partial charge in [0.1, 0.15) is 0 Å². The molecule has 3 aromatic rings. The van der Waals surface area contributed by atoms with Gasteiger partial charge in [-0.25, -0.2) is 0 Å². The number of halogens is 1. The van der Waals surface area contributed by atoms with E-state index in [-0.39, 0.29) is 18.2 Å². The van der Waals surface area contributed by atoms with Gasteiger partial charge in [0.05, 0.1) is 23.5 Å². The SMILES string of the molecule is CN1CCN(CC(=O)N(C)c2ccc(N/C(=C3\C(=O)Nc4cc(Br)ccc43)c3cccc(CCC(=O)O)c3)cc2)CC1. The Labute approximate surface area is 253 Å². The average molecular weight is 633 g/mol. The van der Waals surface area contributed by atoms with Gasteiger partial charge in [0.2, 0.25) is 5.91 Å². The summed E-state index contributed by atoms with van der Waals surface area (Å²) in [6.07, 6.45) is 0.396. The number of nitrogens with zero attached hydrogens (tertiary/aromatic N) is 3. The number of aliphatic carboxylic acids is 1. The summed E-state index contributed by atoms with van der Waals surface area (Å²) < 4.78 is 0.856. The normalized spacial score (nSPS) is 16.5. The molecule has 2 heterocycles. The first kappa shape index (κ1) is 29.5. The lowest BCUT2D eigenvalue weighted by Gasteiger charge is -2.32. The smallest absolute Gasteiger partial charge is 0.303 e. The fourth-order valence-electron chi connectivity index (χ4n) is 5.17. The van der Waals surface area contributed by atoms with Crippen LogP contribution in [0.3, 0.4) is 0 Å². The highest BCUT2D eigenvalue weighted by molar-refractivity contribution is 9.10. The lowest BCUT2D eigenvalue weighted by molar-refractivity contribution is -0.137. The number of aryl methyl sites for hydroxylation is 1. The third-order valence-electron chi connectivity index (χ3n) is 7.67. The molecule has 0 radical (unpaired) electrons. The van der Waals surface area contributed by atoms with E-state index in [0.717, 1.165) is 58.7 Å². The van der Waals surface area contributed by atoms with Gasteiger partial charge in [-0.15, -0.1) is 0 Å². The summed E-state index contributed by atoms with van der Waals surface area (Å²) in [5.74, 6) is -1.06. The van der Waals surface area contributed by atoms with E-state index < -0.39 is 5.97 Å². The Morgan fingerprint density at radius 2 is 1.76 bits per heavy atom. The van der Waals surface area contributed by atoms with Gasteiger partial charge in [-0.3, -0.25) is 19.3 Å². The maximum absolute atomic E-state index is 13.3. The quantitative estimate of drug-likeness (QED) is 0.296. The molecular weight excluding hydrogens is 598 g/mol. The Kier molecular flexibility index (Phi) is 9.06. The topological polar surface area (TPSA) is 105 Å². The number of carbonyl (C=O) groups is 3. The number of carboxylic acid groups (broad SMARTS) is 1. The monoisotopic (exact) mass is 631 g/mol. The number of hydrogen-bond donors (Lipinski definition) is 3. The first-order valence-corrected chi connectivity index (χ1v) is 14.7. The molecule has 0 spiro atoms. The van der Waals surface area contributed by atoms with E-state index in [0.29, 0.717) is 29.9 Å². The molecular formula is C32H34BrN5O4. The molecule has 0 bridgehead atoms. The number of rotatable bonds is 9. The Morgan fingerprint density at radius 3 is 2.48 bits per heavy atom. The number of carboxylic acids is 1. The molecule has 1 saturated heterocycles. The zero-order valence-electron chi connectivity index (χ0n) is 23.7. The van der Waals surface area contributed by atoms with Crippen molar-refractivity contribution in [1.82, 2.24) is 9.80 Å². The minimum atomic E-state index is -0.862. The Hall–Kier alpha value is -3.99. The fraction of sp³-hybridized carbons (Fsp3) is 0.281. The molecule has 0 aromatic heterocycles. The number of amides is 2. The number of anilines is 3. The molecule has 0 saturated carbocycles. The van der Waals surface area contributed by atoms with Crippen molar-refractivity contribution in [2.75, 3.05) is 62.4 Å². The van der Waals surface area contributed by atoms with Gasteiger partial charge < -0.3 is 25.5 Å². The molecule has 0 atom stereocenters. The molecule has 3 aromatic carbocycles. The molecule has 2 aliphatic rings. The van der Waals surface area contributed by atoms with Crippen LogP contribution in [-0.2, 0) is 20.8 Å². The minimum absolute atomic E-state index is 0.0165. The van der Waals surface area contributed by atoms with E-state index in [1.165, 1.54) is 0 Å². The van der Waals surface area contributed by atoms with Crippen LogP contribution in [0.2, 0.25) is 0 Å². The summed E-state index contributed by atoms with van der Waals surface area (Å²) >= 11 is 3.47. The van der Waals surface area contributed by atoms with E-state index in [9.17, 15) is 14.4 Å². The molecule has 3 N–H and O–H groups in total. The number of benzene rings is 3. The maximum Gasteiger partial charge on any atom is 0.303 e. The summed E-state index contributed by atoms with van der Waals surface area (Å²) in [6.45, 7) is 4.04. The largest absolute Gasteiger partial charge is 0.481 e. The lowest BCUT2D eigenvalue weighted by Crippen LogP contribution is -2.48. The van der Waals surface area contributed by atoms with Crippen LogP contribution in [0.25, 0.3) is 11.3 Å². The van der Waals surface area contributed by atoms with Crippen molar-refractivity contribution < 1.29 is 19.5 Å². The Bertz CT molecular complexity index is 1530. The van der Waals surface area contributed by atoms with Crippen molar-refractivity contribution >= 4 is 62.0 Å². The van der Waals surface area contributed by atoms with Crippen LogP contribution in [0, 0.1) is 0 Å². The van der Waals surface area contributed by atoms with E-state index in [4.69, 9.17) is 5.11 Å². The van der Waals surface area contributed by atoms with Crippen LogP contribution in [0.5, 0.6) is 0 Å². The van der Waals surface area contributed by atoms with E-state index in [1.807, 2.05) is 66.7 Å². The van der Waals surface area contributed by atoms with Crippen LogP contribution in [0.4, 0.5) is 17.1 Å². The molecule has 2 aliphatic heterocycles. The Balaban J connectivity index is 1.42. The number of carbonyl (C=O) groups excluding carboxylic acids is 2. The predicted octanol–water partition coefficient (Wildman–Crippen LogP) is 4.61. The summed E-state index contributed by atoms with van der Waals surface area (Å²) in [6, 6.07) is 20.8. The summed E-state index contributed by atoms with van der Waals surface area (Å²) in [5, 5.41) is 15.6. The number of nitrogens with one attached hydrogen (secondary N) is 2. The van der Waals surface area contributed by atoms with Gasteiger partial charge >= 0.3 is 5.97 Å². The second-order valence-electron chi connectivity index (χ2n) is 10.7. The Morgan fingerprint density at radius 1 is 1.02 bits per heavy atom. The number of likely N-dealkylation sites (N-methyl/N-ethyl adjacent to an activating group) is 2. The highest BCUT2D eigenvalue weighted by Crippen LogP contribution is 2.39. The fourth-order valence-corrected chi connectivity index (χ4v) is 5.53. The van der Waals surface area contributed by atoms with E-state index in [2.05, 4.69) is 43.4 Å². The molecule has 5 rings (SSSR count). The molecule has 10 heteroatoms. The van der Waals surface area contributed by atoms with Gasteiger partial charge in [-0.2, -0.15) is 0 Å². The first-order valence-electron chi connectivity index (χ1n) is 13.9. The summed E-state index contributed by atoms with van der Waals surface area (Å²) in [7, 11) is 3.88. The second kappa shape index (κ2) is 12.9. The lowest BCUT2D eigenvalue weighted by atomic mass is 9.97. The maximum atomic E-state index is 13.3. The molecule has 218 valence electrons. The van der Waals surface area contributed by atoms with Crippen LogP contribution in [0.15, 0.2) is 71.2 Å². The van der Waals surface area contributed by atoms with Crippen molar-refractivity contribution in [2.45, 2.75) is 12.8 Å². The van der Waals surface area contributed by atoms with Crippen molar-refractivity contribution in [3.05, 3.63) is 87.9 Å². The average Bonchev–Trinajstić information content (AvgIpc) is 3.30. The second-order valence-corrected chi connectivity index (χ2v) is 11.6. The number of fused-ring (bicyclic) bond motifs is 1. The minimum Gasteiger partial charge on any atom is -0.481 e. The third kappa shape index (κ3) is 6.89. The van der Waals surface area contributed by atoms with Crippen LogP contribution in [0.1, 0.15) is 23.1 Å². The zero-order valence-corrected chi connectivity index (χ0v) is 25.3. The molecule has 2 amide bonds. The van der Waals surface area contributed by atoms with E-state index >= 15 is 0 Å². The summed E-state index contributed by atoms with van der Waals surface area (Å²) in [5.41, 5.74) is 5.74. The molecule has 1 fully saturated rings. The molecule has 0 unspecified atom stereocenters. The highest BCUT2D eigenvalue weighted by Gasteiger charge is 2.29. The summed E-state index contributed by atoms with van der Waals surface area (Å²) in [4.78, 5) is 43.6. The third-order valence-corrected chi connectivity index (χ3v) is 8.17. The van der Waals surface area contributed by atoms with Crippen LogP contribution < -0.4 is 15.5 Å². The van der Waals surface area contributed by atoms with E-state index in [1.54, 1.807) is 11.9 Å². The van der Waals surface area contributed by atoms with Gasteiger partial charge in [-0.05, 0) is 67.1 Å². The van der Waals surface area contributed by atoms with Gasteiger partial charge in [0, 0.05) is 61.1 Å². The van der Waals surface area contributed by atoms with Gasteiger partial charge in [0.15, 0.2) is 0 Å². The predicted molar refractivity (Wildman–Crippen MR) is 169 cm³/mol. The van der Waals surface area contributed by atoms with Crippen LogP contribution >= 0.6 is 15.9 Å². The standard InChI is InChI=1S/C32H34BrN5O4/c1-36-14-16-38(17-15-36)20-28(39)37(2)25-10-8-24(9-11-25)34-31(22-5-3-4-21(18-22)6-13-29(40)41)30-26-12-7-23(33)19-27(26)35-32(30)42/h3-5,7-12,18-19,34H,6,13-17,20H2,1-2H3,(H,35,42)(H,40,41)/b31-30-. The van der Waals surface area contributed by atoms with Crippen molar-refractivity contribution in [1.29, 1.82) is 0 Å². The zero-order chi connectivity index (χ0) is 29.8. The van der Waals surface area contributed by atoms with Gasteiger partial charge in [0.25, 0.3) is 5.91 Å². The van der Waals surface area contributed by atoms with Crippen LogP contribution in [-0.4, -0.2) is 79.5 Å². The molecule has 9 nitrogen and oxygen atoms in total. The van der Waals surface area contributed by atoms with Crippen molar-refractivity contribution in [2.24, 2.45) is 0 Å².